The third-order valence-corrected chi connectivity index (χ3v) is 3.43. The van der Waals surface area contributed by atoms with E-state index in [2.05, 4.69) is 14.8 Å². The molecule has 2 rings (SSSR count). The molecule has 7 heteroatoms. The average Bonchev–Trinajstić information content (AvgIpc) is 2.90. The number of hydrogen-bond donors (Lipinski definition) is 1. The molecule has 0 saturated carbocycles. The number of nitrogens with zero attached hydrogens (tertiary/aromatic N) is 4. The highest BCUT2D eigenvalue weighted by Gasteiger charge is 2.18. The molecular weight excluding hydrogens is 270 g/mol. The van der Waals surface area contributed by atoms with Crippen molar-refractivity contribution in [1.82, 2.24) is 19.3 Å². The number of nitrogens with two attached hydrogens (primary N) is 1. The second-order valence-electron chi connectivity index (χ2n) is 5.04. The van der Waals surface area contributed by atoms with E-state index >= 15 is 0 Å². The van der Waals surface area contributed by atoms with Crippen LogP contribution in [0.4, 0.5) is 5.82 Å². The Morgan fingerprint density at radius 1 is 1.33 bits per heavy atom. The Hall–Kier alpha value is -2.31. The summed E-state index contributed by atoms with van der Waals surface area (Å²) in [4.78, 5) is 15.7. The maximum absolute atomic E-state index is 11.6. The first-order valence-electron chi connectivity index (χ1n) is 6.86. The molecular formula is C14H21N5O2. The molecule has 0 aromatic carbocycles. The number of hydrogen-bond acceptors (Lipinski definition) is 5. The number of esters is 1. The first kappa shape index (κ1) is 15.1. The summed E-state index contributed by atoms with van der Waals surface area (Å²) in [7, 11) is 1.32. The predicted octanol–water partition coefficient (Wildman–Crippen LogP) is 1.46. The molecule has 0 saturated heterocycles. The molecule has 7 nitrogen and oxygen atoms in total. The largest absolute Gasteiger partial charge is 0.464 e. The average molecular weight is 291 g/mol. The van der Waals surface area contributed by atoms with Crippen LogP contribution in [0.5, 0.6) is 0 Å². The van der Waals surface area contributed by atoms with Crippen LogP contribution in [-0.4, -0.2) is 32.4 Å². The lowest BCUT2D eigenvalue weighted by Crippen LogP contribution is -2.11. The van der Waals surface area contributed by atoms with Gasteiger partial charge in [-0.25, -0.2) is 9.78 Å². The number of anilines is 1. The summed E-state index contributed by atoms with van der Waals surface area (Å²) in [5, 5.41) is 4.42. The van der Waals surface area contributed by atoms with Gasteiger partial charge in [0.2, 0.25) is 0 Å². The third kappa shape index (κ3) is 3.07. The van der Waals surface area contributed by atoms with Crippen molar-refractivity contribution >= 4 is 11.8 Å². The van der Waals surface area contributed by atoms with E-state index in [0.29, 0.717) is 18.2 Å². The molecule has 0 aliphatic heterocycles. The molecule has 0 spiro atoms. The molecule has 0 bridgehead atoms. The van der Waals surface area contributed by atoms with Gasteiger partial charge in [0.1, 0.15) is 11.6 Å². The number of rotatable bonds is 5. The van der Waals surface area contributed by atoms with Crippen LogP contribution < -0.4 is 5.73 Å². The summed E-state index contributed by atoms with van der Waals surface area (Å²) in [6.07, 6.45) is 0.851. The van der Waals surface area contributed by atoms with Gasteiger partial charge in [-0.15, -0.1) is 0 Å². The SMILES string of the molecule is COC(=O)c1nc(C)n(CCCn2nc(C)cc2C)c1N. The van der Waals surface area contributed by atoms with Crippen LogP contribution in [0.2, 0.25) is 0 Å². The number of ether oxygens (including phenoxy) is 1. The Bertz CT molecular complexity index is 657. The molecule has 2 heterocycles. The van der Waals surface area contributed by atoms with E-state index in [4.69, 9.17) is 5.73 Å². The topological polar surface area (TPSA) is 88.0 Å². The van der Waals surface area contributed by atoms with Gasteiger partial charge in [-0.2, -0.15) is 5.10 Å². The molecule has 0 amide bonds. The maximum atomic E-state index is 11.6. The highest BCUT2D eigenvalue weighted by molar-refractivity contribution is 5.92. The van der Waals surface area contributed by atoms with Gasteiger partial charge in [-0.3, -0.25) is 4.68 Å². The molecule has 0 fully saturated rings. The first-order chi connectivity index (χ1) is 9.93. The number of carbonyl (C=O) groups excluding carboxylic acids is 1. The second kappa shape index (κ2) is 5.99. The Balaban J connectivity index is 2.05. The van der Waals surface area contributed by atoms with Crippen molar-refractivity contribution in [3.8, 4) is 0 Å². The molecule has 2 aromatic rings. The zero-order valence-corrected chi connectivity index (χ0v) is 12.9. The molecule has 2 aromatic heterocycles. The molecule has 0 radical (unpaired) electrons. The summed E-state index contributed by atoms with van der Waals surface area (Å²) >= 11 is 0. The lowest BCUT2D eigenvalue weighted by molar-refractivity contribution is 0.0595. The first-order valence-corrected chi connectivity index (χ1v) is 6.86. The number of aromatic nitrogens is 4. The minimum absolute atomic E-state index is 0.182. The Morgan fingerprint density at radius 2 is 2.05 bits per heavy atom. The molecule has 114 valence electrons. The smallest absolute Gasteiger partial charge is 0.360 e. The van der Waals surface area contributed by atoms with Gasteiger partial charge >= 0.3 is 5.97 Å². The van der Waals surface area contributed by atoms with Crippen LogP contribution in [0.1, 0.15) is 34.1 Å². The third-order valence-electron chi connectivity index (χ3n) is 3.43. The van der Waals surface area contributed by atoms with Crippen molar-refractivity contribution in [3.05, 3.63) is 29.0 Å². The van der Waals surface area contributed by atoms with Crippen LogP contribution in [0.15, 0.2) is 6.07 Å². The van der Waals surface area contributed by atoms with Gasteiger partial charge < -0.3 is 15.0 Å². The molecule has 0 aliphatic rings. The van der Waals surface area contributed by atoms with Crippen LogP contribution in [0.25, 0.3) is 0 Å². The van der Waals surface area contributed by atoms with Crippen LogP contribution in [0, 0.1) is 20.8 Å². The zero-order chi connectivity index (χ0) is 15.6. The second-order valence-corrected chi connectivity index (χ2v) is 5.04. The Labute approximate surface area is 123 Å². The number of imidazole rings is 1. The maximum Gasteiger partial charge on any atom is 0.360 e. The van der Waals surface area contributed by atoms with E-state index < -0.39 is 5.97 Å². The fourth-order valence-corrected chi connectivity index (χ4v) is 2.39. The van der Waals surface area contributed by atoms with Gasteiger partial charge in [-0.1, -0.05) is 0 Å². The van der Waals surface area contributed by atoms with Crippen molar-refractivity contribution in [2.24, 2.45) is 0 Å². The number of methoxy groups -OCH3 is 1. The quantitative estimate of drug-likeness (QED) is 0.843. The lowest BCUT2D eigenvalue weighted by Gasteiger charge is -2.08. The summed E-state index contributed by atoms with van der Waals surface area (Å²) in [5.41, 5.74) is 8.30. The minimum Gasteiger partial charge on any atom is -0.464 e. The monoisotopic (exact) mass is 291 g/mol. The zero-order valence-electron chi connectivity index (χ0n) is 12.9. The normalized spacial score (nSPS) is 10.9. The molecule has 0 unspecified atom stereocenters. The van der Waals surface area contributed by atoms with Gasteiger partial charge in [0.15, 0.2) is 5.69 Å². The van der Waals surface area contributed by atoms with Gasteiger partial charge in [-0.05, 0) is 33.3 Å². The number of carbonyl (C=O) groups is 1. The number of nitrogen functional groups attached to an aromatic ring is 1. The van der Waals surface area contributed by atoms with E-state index in [1.165, 1.54) is 7.11 Å². The van der Waals surface area contributed by atoms with E-state index in [1.807, 2.05) is 36.1 Å². The van der Waals surface area contributed by atoms with Crippen LogP contribution >= 0.6 is 0 Å². The summed E-state index contributed by atoms with van der Waals surface area (Å²) in [6.45, 7) is 7.31. The molecule has 21 heavy (non-hydrogen) atoms. The predicted molar refractivity (Wildman–Crippen MR) is 79.0 cm³/mol. The minimum atomic E-state index is -0.507. The van der Waals surface area contributed by atoms with Crippen molar-refractivity contribution in [3.63, 3.8) is 0 Å². The van der Waals surface area contributed by atoms with Crippen molar-refractivity contribution < 1.29 is 9.53 Å². The van der Waals surface area contributed by atoms with E-state index in [0.717, 1.165) is 24.4 Å². The fraction of sp³-hybridized carbons (Fsp3) is 0.500. The van der Waals surface area contributed by atoms with Crippen LogP contribution in [0.3, 0.4) is 0 Å². The highest BCUT2D eigenvalue weighted by atomic mass is 16.5. The van der Waals surface area contributed by atoms with Gasteiger partial charge in [0, 0.05) is 18.8 Å². The molecule has 0 atom stereocenters. The molecule has 0 aliphatic carbocycles. The highest BCUT2D eigenvalue weighted by Crippen LogP contribution is 2.16. The van der Waals surface area contributed by atoms with E-state index in [-0.39, 0.29) is 5.69 Å². The van der Waals surface area contributed by atoms with Crippen molar-refractivity contribution in [2.75, 3.05) is 12.8 Å². The Morgan fingerprint density at radius 3 is 2.62 bits per heavy atom. The summed E-state index contributed by atoms with van der Waals surface area (Å²) < 4.78 is 8.47. The summed E-state index contributed by atoms with van der Waals surface area (Å²) in [5.74, 6) is 0.557. The molecule has 2 N–H and O–H groups in total. The number of aryl methyl sites for hydroxylation is 4. The van der Waals surface area contributed by atoms with E-state index in [9.17, 15) is 4.79 Å². The van der Waals surface area contributed by atoms with Crippen LogP contribution in [-0.2, 0) is 17.8 Å². The van der Waals surface area contributed by atoms with Gasteiger partial charge in [0.05, 0.1) is 12.8 Å². The fourth-order valence-electron chi connectivity index (χ4n) is 2.39. The standard InChI is InChI=1S/C14H21N5O2/c1-9-8-10(2)19(17-9)7-5-6-18-11(3)16-12(13(18)15)14(20)21-4/h8H,5-7,15H2,1-4H3. The van der Waals surface area contributed by atoms with Gasteiger partial charge in [0.25, 0.3) is 0 Å². The van der Waals surface area contributed by atoms with E-state index in [1.54, 1.807) is 0 Å². The Kier molecular flexibility index (Phi) is 4.30. The summed E-state index contributed by atoms with van der Waals surface area (Å²) in [6, 6.07) is 2.05. The van der Waals surface area contributed by atoms with Crippen molar-refractivity contribution in [2.45, 2.75) is 40.3 Å². The lowest BCUT2D eigenvalue weighted by atomic mass is 10.3. The van der Waals surface area contributed by atoms with Crippen molar-refractivity contribution in [1.29, 1.82) is 0 Å².